The monoisotopic (exact) mass is 237 g/mol. The van der Waals surface area contributed by atoms with E-state index >= 15 is 0 Å². The molecule has 0 heterocycles. The molecule has 2 N–H and O–H groups in total. The fourth-order valence-corrected chi connectivity index (χ4v) is 3.70. The molecule has 3 aliphatic carbocycles. The van der Waals surface area contributed by atoms with Gasteiger partial charge in [-0.3, -0.25) is 4.79 Å². The van der Waals surface area contributed by atoms with Crippen molar-refractivity contribution in [3.63, 3.8) is 0 Å². The zero-order valence-electron chi connectivity index (χ0n) is 10.5. The highest BCUT2D eigenvalue weighted by Gasteiger charge is 2.49. The number of carbonyl (C=O) groups excluding carboxylic acids is 1. The van der Waals surface area contributed by atoms with Crippen molar-refractivity contribution in [2.45, 2.75) is 57.5 Å². The van der Waals surface area contributed by atoms with Crippen LogP contribution in [0.5, 0.6) is 0 Å². The van der Waals surface area contributed by atoms with E-state index in [0.29, 0.717) is 5.41 Å². The highest BCUT2D eigenvalue weighted by Crippen LogP contribution is 2.56. The normalized spacial score (nSPS) is 35.4. The first-order valence-corrected chi connectivity index (χ1v) is 7.17. The summed E-state index contributed by atoms with van der Waals surface area (Å²) in [4.78, 5) is 12.0. The van der Waals surface area contributed by atoms with E-state index in [-0.39, 0.29) is 11.8 Å². The van der Waals surface area contributed by atoms with Crippen LogP contribution < -0.4 is 5.32 Å². The molecule has 3 heteroatoms. The summed E-state index contributed by atoms with van der Waals surface area (Å²) in [6, 6.07) is 0. The summed E-state index contributed by atoms with van der Waals surface area (Å²) in [5.74, 6) is 0.846. The van der Waals surface area contributed by atoms with Crippen LogP contribution in [-0.2, 0) is 4.79 Å². The Kier molecular flexibility index (Phi) is 2.89. The lowest BCUT2D eigenvalue weighted by Crippen LogP contribution is -2.46. The molecule has 1 amide bonds. The molecule has 0 spiro atoms. The Balaban J connectivity index is 1.51. The van der Waals surface area contributed by atoms with Crippen LogP contribution in [0.25, 0.3) is 0 Å². The molecule has 0 aliphatic heterocycles. The van der Waals surface area contributed by atoms with Crippen LogP contribution in [0.3, 0.4) is 0 Å². The van der Waals surface area contributed by atoms with Gasteiger partial charge in [0.1, 0.15) is 0 Å². The van der Waals surface area contributed by atoms with Crippen molar-refractivity contribution >= 4 is 5.91 Å². The number of hydrogen-bond donors (Lipinski definition) is 2. The number of hydrogen-bond acceptors (Lipinski definition) is 2. The van der Waals surface area contributed by atoms with Crippen molar-refractivity contribution in [1.82, 2.24) is 5.32 Å². The molecule has 96 valence electrons. The second kappa shape index (κ2) is 4.27. The summed E-state index contributed by atoms with van der Waals surface area (Å²) in [6.07, 6.45) is 8.91. The summed E-state index contributed by atoms with van der Waals surface area (Å²) in [6.45, 7) is 0.861. The third-order valence-electron chi connectivity index (χ3n) is 5.22. The number of aliphatic hydroxyl groups excluding tert-OH is 1. The summed E-state index contributed by atoms with van der Waals surface area (Å²) >= 11 is 0. The van der Waals surface area contributed by atoms with Crippen molar-refractivity contribution in [2.75, 3.05) is 6.54 Å². The molecule has 3 saturated carbocycles. The van der Waals surface area contributed by atoms with Crippen LogP contribution in [0.4, 0.5) is 0 Å². The quantitative estimate of drug-likeness (QED) is 0.784. The van der Waals surface area contributed by atoms with Gasteiger partial charge in [0, 0.05) is 6.54 Å². The van der Waals surface area contributed by atoms with Gasteiger partial charge < -0.3 is 10.4 Å². The molecule has 3 fully saturated rings. The van der Waals surface area contributed by atoms with E-state index < -0.39 is 6.10 Å². The van der Waals surface area contributed by atoms with Crippen LogP contribution in [0.1, 0.15) is 51.4 Å². The maximum Gasteiger partial charge on any atom is 0.225 e. The molecule has 0 aromatic rings. The number of amides is 1. The first-order valence-electron chi connectivity index (χ1n) is 7.17. The summed E-state index contributed by atoms with van der Waals surface area (Å²) in [5, 5.41) is 12.8. The predicted molar refractivity (Wildman–Crippen MR) is 65.4 cm³/mol. The second-order valence-electron chi connectivity index (χ2n) is 6.31. The lowest BCUT2D eigenvalue weighted by molar-refractivity contribution is -0.128. The van der Waals surface area contributed by atoms with Gasteiger partial charge in [0.2, 0.25) is 5.91 Å². The van der Waals surface area contributed by atoms with Crippen molar-refractivity contribution in [2.24, 2.45) is 17.3 Å². The highest BCUT2D eigenvalue weighted by atomic mass is 16.3. The van der Waals surface area contributed by atoms with E-state index in [2.05, 4.69) is 5.32 Å². The Morgan fingerprint density at radius 2 is 1.94 bits per heavy atom. The van der Waals surface area contributed by atoms with Gasteiger partial charge in [0.25, 0.3) is 0 Å². The molecule has 0 aromatic carbocycles. The van der Waals surface area contributed by atoms with E-state index in [4.69, 9.17) is 0 Å². The minimum absolute atomic E-state index is 0.0990. The van der Waals surface area contributed by atoms with Gasteiger partial charge in [0.15, 0.2) is 0 Å². The van der Waals surface area contributed by atoms with Gasteiger partial charge in [-0.2, -0.15) is 0 Å². The maximum absolute atomic E-state index is 12.0. The summed E-state index contributed by atoms with van der Waals surface area (Å²) in [7, 11) is 0. The van der Waals surface area contributed by atoms with Crippen molar-refractivity contribution < 1.29 is 9.90 Å². The van der Waals surface area contributed by atoms with Gasteiger partial charge in [-0.1, -0.05) is 6.42 Å². The Hall–Kier alpha value is -0.570. The Morgan fingerprint density at radius 1 is 1.18 bits per heavy atom. The van der Waals surface area contributed by atoms with Crippen LogP contribution >= 0.6 is 0 Å². The molecular weight excluding hydrogens is 214 g/mol. The Morgan fingerprint density at radius 3 is 2.41 bits per heavy atom. The fourth-order valence-electron chi connectivity index (χ4n) is 3.70. The lowest BCUT2D eigenvalue weighted by Gasteiger charge is -2.43. The van der Waals surface area contributed by atoms with Crippen LogP contribution in [0, 0.1) is 17.3 Å². The lowest BCUT2D eigenvalue weighted by atomic mass is 9.65. The molecule has 2 atom stereocenters. The largest absolute Gasteiger partial charge is 0.392 e. The Bertz CT molecular complexity index is 307. The van der Waals surface area contributed by atoms with Gasteiger partial charge in [0.05, 0.1) is 12.0 Å². The molecule has 3 nitrogen and oxygen atoms in total. The molecule has 0 bridgehead atoms. The van der Waals surface area contributed by atoms with Crippen molar-refractivity contribution in [3.8, 4) is 0 Å². The van der Waals surface area contributed by atoms with Crippen LogP contribution in [0.2, 0.25) is 0 Å². The topological polar surface area (TPSA) is 49.3 Å². The number of nitrogens with one attached hydrogen (secondary N) is 1. The molecular formula is C14H23NO2. The summed E-state index contributed by atoms with van der Waals surface area (Å²) in [5.41, 5.74) is 0.444. The summed E-state index contributed by atoms with van der Waals surface area (Å²) < 4.78 is 0. The number of aliphatic hydroxyl groups is 1. The van der Waals surface area contributed by atoms with Gasteiger partial charge in [-0.05, 0) is 56.3 Å². The first kappa shape index (κ1) is 11.5. The number of carbonyl (C=O) groups is 1. The first-order chi connectivity index (χ1) is 8.21. The molecule has 0 saturated heterocycles. The van der Waals surface area contributed by atoms with Crippen molar-refractivity contribution in [1.29, 1.82) is 0 Å². The van der Waals surface area contributed by atoms with Crippen LogP contribution in [-0.4, -0.2) is 23.7 Å². The smallest absolute Gasteiger partial charge is 0.225 e. The molecule has 0 radical (unpaired) electrons. The van der Waals surface area contributed by atoms with E-state index in [0.717, 1.165) is 31.7 Å². The maximum atomic E-state index is 12.0. The standard InChI is InChI=1S/C14H23NO2/c16-12-4-1-3-11(12)13(17)15-9-14(7-2-8-14)10-5-6-10/h10-12,16H,1-9H2,(H,15,17). The van der Waals surface area contributed by atoms with E-state index in [1.54, 1.807) is 0 Å². The van der Waals surface area contributed by atoms with Crippen LogP contribution in [0.15, 0.2) is 0 Å². The molecule has 17 heavy (non-hydrogen) atoms. The SMILES string of the molecule is O=C(NCC1(C2CC2)CCC1)C1CCCC1O. The number of rotatable bonds is 4. The minimum atomic E-state index is -0.395. The molecule has 2 unspecified atom stereocenters. The van der Waals surface area contributed by atoms with E-state index in [1.165, 1.54) is 32.1 Å². The third kappa shape index (κ3) is 2.10. The average molecular weight is 237 g/mol. The third-order valence-corrected chi connectivity index (χ3v) is 5.22. The highest BCUT2D eigenvalue weighted by molar-refractivity contribution is 5.79. The predicted octanol–water partition coefficient (Wildman–Crippen LogP) is 1.84. The molecule has 3 aliphatic rings. The minimum Gasteiger partial charge on any atom is -0.392 e. The molecule has 3 rings (SSSR count). The fraction of sp³-hybridized carbons (Fsp3) is 0.929. The zero-order valence-corrected chi connectivity index (χ0v) is 10.5. The Labute approximate surface area is 103 Å². The second-order valence-corrected chi connectivity index (χ2v) is 6.31. The average Bonchev–Trinajstić information content (AvgIpc) is 3.00. The molecule has 0 aromatic heterocycles. The van der Waals surface area contributed by atoms with E-state index in [1.807, 2.05) is 0 Å². The van der Waals surface area contributed by atoms with Gasteiger partial charge in [-0.15, -0.1) is 0 Å². The van der Waals surface area contributed by atoms with Crippen molar-refractivity contribution in [3.05, 3.63) is 0 Å². The van der Waals surface area contributed by atoms with E-state index in [9.17, 15) is 9.90 Å². The van der Waals surface area contributed by atoms with Gasteiger partial charge in [-0.25, -0.2) is 0 Å². The zero-order chi connectivity index (χ0) is 11.9. The van der Waals surface area contributed by atoms with Gasteiger partial charge >= 0.3 is 0 Å².